The van der Waals surface area contributed by atoms with Crippen LogP contribution in [0.1, 0.15) is 34.7 Å². The lowest BCUT2D eigenvalue weighted by molar-refractivity contribution is -0.129. The van der Waals surface area contributed by atoms with Gasteiger partial charge in [-0.05, 0) is 62.2 Å². The van der Waals surface area contributed by atoms with Gasteiger partial charge in [0.25, 0.3) is 0 Å². The van der Waals surface area contributed by atoms with Gasteiger partial charge in [-0.2, -0.15) is 0 Å². The van der Waals surface area contributed by atoms with Crippen molar-refractivity contribution in [3.63, 3.8) is 0 Å². The summed E-state index contributed by atoms with van der Waals surface area (Å²) < 4.78 is 17.1. The summed E-state index contributed by atoms with van der Waals surface area (Å²) in [7, 11) is 0. The predicted octanol–water partition coefficient (Wildman–Crippen LogP) is 5.63. The Hall–Kier alpha value is -3.86. The number of rotatable bonds is 7. The molecule has 0 N–H and O–H groups in total. The van der Waals surface area contributed by atoms with E-state index in [4.69, 9.17) is 14.2 Å². The van der Waals surface area contributed by atoms with Gasteiger partial charge in [-0.3, -0.25) is 0 Å². The maximum atomic E-state index is 12.3. The lowest BCUT2D eigenvalue weighted by atomic mass is 10.1. The number of hydrogen-bond donors (Lipinski definition) is 0. The average Bonchev–Trinajstić information content (AvgIpc) is 3.15. The van der Waals surface area contributed by atoms with E-state index in [0.29, 0.717) is 30.6 Å². The van der Waals surface area contributed by atoms with Crippen molar-refractivity contribution in [1.82, 2.24) is 0 Å². The molecule has 162 valence electrons. The van der Waals surface area contributed by atoms with E-state index in [0.717, 1.165) is 22.3 Å². The number of benzene rings is 3. The lowest BCUT2D eigenvalue weighted by Crippen LogP contribution is -2.05. The topological polar surface area (TPSA) is 57.1 Å². The molecule has 4 rings (SSSR count). The van der Waals surface area contributed by atoms with Crippen LogP contribution in [-0.2, 0) is 16.1 Å². The summed E-state index contributed by atoms with van der Waals surface area (Å²) in [6, 6.07) is 21.5. The molecule has 0 atom stereocenters. The number of hydrogen-bond acceptors (Lipinski definition) is 5. The van der Waals surface area contributed by atoms with Gasteiger partial charge >= 0.3 is 5.97 Å². The first-order valence-corrected chi connectivity index (χ1v) is 10.6. The van der Waals surface area contributed by atoms with Crippen LogP contribution in [0.5, 0.6) is 11.5 Å². The van der Waals surface area contributed by atoms with E-state index >= 15 is 0 Å². The first-order valence-electron chi connectivity index (χ1n) is 10.6. The zero-order chi connectivity index (χ0) is 22.5. The van der Waals surface area contributed by atoms with Crippen molar-refractivity contribution in [3.05, 3.63) is 100 Å². The van der Waals surface area contributed by atoms with Crippen molar-refractivity contribution in [2.24, 2.45) is 4.99 Å². The molecule has 5 nitrogen and oxygen atoms in total. The normalized spacial score (nSPS) is 14.3. The highest BCUT2D eigenvalue weighted by Gasteiger charge is 2.24. The van der Waals surface area contributed by atoms with E-state index in [1.165, 1.54) is 5.56 Å². The van der Waals surface area contributed by atoms with E-state index in [-0.39, 0.29) is 5.70 Å². The fourth-order valence-electron chi connectivity index (χ4n) is 3.32. The zero-order valence-corrected chi connectivity index (χ0v) is 18.4. The number of aliphatic imine (C=N–C) groups is 1. The second-order valence-electron chi connectivity index (χ2n) is 7.62. The largest absolute Gasteiger partial charge is 0.490 e. The van der Waals surface area contributed by atoms with Crippen molar-refractivity contribution in [2.45, 2.75) is 27.4 Å². The molecule has 0 bridgehead atoms. The molecule has 1 heterocycles. The molecule has 0 amide bonds. The molecule has 0 saturated heterocycles. The molecule has 0 aromatic heterocycles. The van der Waals surface area contributed by atoms with Crippen LogP contribution in [0.2, 0.25) is 0 Å². The van der Waals surface area contributed by atoms with Crippen LogP contribution in [0.4, 0.5) is 0 Å². The zero-order valence-electron chi connectivity index (χ0n) is 18.4. The quantitative estimate of drug-likeness (QED) is 0.362. The SMILES string of the molecule is CCOc1cc(/C=C2/N=C(c3cccc(C)c3)OC2=O)ccc1OCc1ccc(C)cc1. The minimum absolute atomic E-state index is 0.247. The molecule has 0 spiro atoms. The second-order valence-corrected chi connectivity index (χ2v) is 7.62. The summed E-state index contributed by atoms with van der Waals surface area (Å²) in [5.41, 5.74) is 5.16. The Balaban J connectivity index is 1.55. The Morgan fingerprint density at radius 2 is 1.72 bits per heavy atom. The summed E-state index contributed by atoms with van der Waals surface area (Å²) in [6.07, 6.45) is 1.69. The van der Waals surface area contributed by atoms with Gasteiger partial charge in [-0.1, -0.05) is 53.6 Å². The average molecular weight is 428 g/mol. The minimum atomic E-state index is -0.473. The third kappa shape index (κ3) is 5.06. The number of ether oxygens (including phenoxy) is 3. The molecular formula is C27H25NO4. The smallest absolute Gasteiger partial charge is 0.363 e. The predicted molar refractivity (Wildman–Crippen MR) is 125 cm³/mol. The van der Waals surface area contributed by atoms with E-state index in [1.807, 2.05) is 68.4 Å². The van der Waals surface area contributed by atoms with Crippen LogP contribution >= 0.6 is 0 Å². The number of carbonyl (C=O) groups excluding carboxylic acids is 1. The Kier molecular flexibility index (Phi) is 6.36. The first-order chi connectivity index (χ1) is 15.5. The van der Waals surface area contributed by atoms with Crippen LogP contribution in [-0.4, -0.2) is 18.5 Å². The summed E-state index contributed by atoms with van der Waals surface area (Å²) in [6.45, 7) is 6.89. The van der Waals surface area contributed by atoms with Gasteiger partial charge in [0.05, 0.1) is 6.61 Å². The van der Waals surface area contributed by atoms with Crippen molar-refractivity contribution in [2.75, 3.05) is 6.61 Å². The number of carbonyl (C=O) groups is 1. The Labute approximate surface area is 188 Å². The van der Waals surface area contributed by atoms with E-state index in [1.54, 1.807) is 6.08 Å². The molecule has 5 heteroatoms. The summed E-state index contributed by atoms with van der Waals surface area (Å²) in [4.78, 5) is 16.7. The molecular weight excluding hydrogens is 402 g/mol. The molecule has 0 unspecified atom stereocenters. The number of cyclic esters (lactones) is 1. The third-order valence-electron chi connectivity index (χ3n) is 4.97. The highest BCUT2D eigenvalue weighted by Crippen LogP contribution is 2.31. The number of esters is 1. The fourth-order valence-corrected chi connectivity index (χ4v) is 3.32. The molecule has 1 aliphatic rings. The Bertz CT molecular complexity index is 1190. The van der Waals surface area contributed by atoms with Gasteiger partial charge in [0, 0.05) is 5.56 Å². The number of aryl methyl sites for hydroxylation is 2. The summed E-state index contributed by atoms with van der Waals surface area (Å²) in [5, 5.41) is 0. The molecule has 3 aromatic rings. The molecule has 0 saturated carbocycles. The van der Waals surface area contributed by atoms with Crippen molar-refractivity contribution < 1.29 is 19.0 Å². The van der Waals surface area contributed by atoms with Gasteiger partial charge < -0.3 is 14.2 Å². The summed E-state index contributed by atoms with van der Waals surface area (Å²) in [5.74, 6) is 1.10. The lowest BCUT2D eigenvalue weighted by Gasteiger charge is -2.13. The van der Waals surface area contributed by atoms with E-state index in [9.17, 15) is 4.79 Å². The van der Waals surface area contributed by atoms with Crippen LogP contribution < -0.4 is 9.47 Å². The first kappa shape index (κ1) is 21.4. The van der Waals surface area contributed by atoms with Crippen molar-refractivity contribution >= 4 is 17.9 Å². The van der Waals surface area contributed by atoms with Gasteiger partial charge in [0.2, 0.25) is 5.90 Å². The molecule has 0 radical (unpaired) electrons. The van der Waals surface area contributed by atoms with E-state index in [2.05, 4.69) is 24.0 Å². The fraction of sp³-hybridized carbons (Fsp3) is 0.185. The van der Waals surface area contributed by atoms with Crippen LogP contribution in [0.15, 0.2) is 77.4 Å². The maximum Gasteiger partial charge on any atom is 0.363 e. The Morgan fingerprint density at radius 1 is 0.906 bits per heavy atom. The monoisotopic (exact) mass is 427 g/mol. The third-order valence-corrected chi connectivity index (χ3v) is 4.97. The van der Waals surface area contributed by atoms with Crippen molar-refractivity contribution in [1.29, 1.82) is 0 Å². The van der Waals surface area contributed by atoms with Crippen LogP contribution in [0.25, 0.3) is 6.08 Å². The van der Waals surface area contributed by atoms with Gasteiger partial charge in [-0.25, -0.2) is 9.79 Å². The van der Waals surface area contributed by atoms with Crippen molar-refractivity contribution in [3.8, 4) is 11.5 Å². The van der Waals surface area contributed by atoms with Crippen LogP contribution in [0.3, 0.4) is 0 Å². The standard InChI is InChI=1S/C27H25NO4/c1-4-30-25-16-21(12-13-24(25)31-17-20-10-8-18(2)9-11-20)15-23-27(29)32-26(28-23)22-7-5-6-19(3)14-22/h5-16H,4,17H2,1-3H3/b23-15+. The van der Waals surface area contributed by atoms with Gasteiger partial charge in [0.1, 0.15) is 6.61 Å². The minimum Gasteiger partial charge on any atom is -0.490 e. The molecule has 0 aliphatic carbocycles. The van der Waals surface area contributed by atoms with Gasteiger partial charge in [0.15, 0.2) is 17.2 Å². The van der Waals surface area contributed by atoms with E-state index < -0.39 is 5.97 Å². The molecule has 32 heavy (non-hydrogen) atoms. The number of nitrogens with zero attached hydrogens (tertiary/aromatic N) is 1. The highest BCUT2D eigenvalue weighted by molar-refractivity contribution is 6.12. The van der Waals surface area contributed by atoms with Gasteiger partial charge in [-0.15, -0.1) is 0 Å². The molecule has 1 aliphatic heterocycles. The maximum absolute atomic E-state index is 12.3. The molecule has 3 aromatic carbocycles. The molecule has 0 fully saturated rings. The second kappa shape index (κ2) is 9.52. The summed E-state index contributed by atoms with van der Waals surface area (Å²) >= 11 is 0. The Morgan fingerprint density at radius 3 is 2.47 bits per heavy atom. The highest BCUT2D eigenvalue weighted by atomic mass is 16.6. The van der Waals surface area contributed by atoms with Crippen LogP contribution in [0, 0.1) is 13.8 Å².